The van der Waals surface area contributed by atoms with Crippen LogP contribution in [-0.2, 0) is 0 Å². The first-order valence-corrected chi connectivity index (χ1v) is 12.1. The van der Waals surface area contributed by atoms with Crippen molar-refractivity contribution in [3.8, 4) is 0 Å². The Kier molecular flexibility index (Phi) is 5.64. The molecule has 0 nitrogen and oxygen atoms in total. The molecule has 1 rings (SSSR count). The van der Waals surface area contributed by atoms with E-state index in [1.165, 1.54) is 15.8 Å². The van der Waals surface area contributed by atoms with Crippen molar-refractivity contribution in [2.75, 3.05) is 0 Å². The van der Waals surface area contributed by atoms with Crippen molar-refractivity contribution in [3.63, 3.8) is 0 Å². The molecular formula is C14H21ClGe. The van der Waals surface area contributed by atoms with Crippen LogP contribution in [0.5, 0.6) is 0 Å². The monoisotopic (exact) mass is 298 g/mol. The fourth-order valence-electron chi connectivity index (χ4n) is 1.98. The van der Waals surface area contributed by atoms with Gasteiger partial charge in [0, 0.05) is 0 Å². The van der Waals surface area contributed by atoms with Crippen LogP contribution in [0.1, 0.15) is 26.3 Å². The summed E-state index contributed by atoms with van der Waals surface area (Å²) in [7, 11) is 0. The molecule has 16 heavy (non-hydrogen) atoms. The average molecular weight is 297 g/mol. The summed E-state index contributed by atoms with van der Waals surface area (Å²) in [5.41, 5.74) is 1.16. The van der Waals surface area contributed by atoms with Crippen LogP contribution >= 0.6 is 11.6 Å². The summed E-state index contributed by atoms with van der Waals surface area (Å²) in [5, 5.41) is 4.97. The Balaban J connectivity index is 2.91. The first-order chi connectivity index (χ1) is 7.67. The maximum atomic E-state index is 6.15. The minimum absolute atomic E-state index is 0.860. The van der Waals surface area contributed by atoms with Crippen LogP contribution in [0.2, 0.25) is 20.8 Å². The molecule has 0 aliphatic rings. The first kappa shape index (κ1) is 13.9. The maximum absolute atomic E-state index is 6.15. The van der Waals surface area contributed by atoms with E-state index in [4.69, 9.17) is 11.6 Å². The molecule has 0 saturated carbocycles. The molecular weight excluding hydrogens is 276 g/mol. The molecule has 0 fully saturated rings. The van der Waals surface area contributed by atoms with Gasteiger partial charge in [0.25, 0.3) is 0 Å². The second kappa shape index (κ2) is 6.51. The summed E-state index contributed by atoms with van der Waals surface area (Å²) in [4.78, 5) is 2.52. The molecule has 0 N–H and O–H groups in total. The van der Waals surface area contributed by atoms with Gasteiger partial charge < -0.3 is 0 Å². The van der Waals surface area contributed by atoms with Crippen molar-refractivity contribution in [1.29, 1.82) is 0 Å². The SMILES string of the molecule is C[CH2][Ge](/[CH]=C/c1ccccc1Cl)([CH2]C)[CH2]C. The van der Waals surface area contributed by atoms with E-state index in [9.17, 15) is 0 Å². The van der Waals surface area contributed by atoms with Crippen LogP contribution < -0.4 is 0 Å². The second-order valence-electron chi connectivity index (χ2n) is 4.28. The van der Waals surface area contributed by atoms with E-state index in [1.54, 1.807) is 0 Å². The molecule has 0 atom stereocenters. The Morgan fingerprint density at radius 2 is 1.62 bits per heavy atom. The molecule has 0 saturated heterocycles. The van der Waals surface area contributed by atoms with Crippen molar-refractivity contribution in [3.05, 3.63) is 39.8 Å². The van der Waals surface area contributed by atoms with E-state index < -0.39 is 13.3 Å². The van der Waals surface area contributed by atoms with Crippen molar-refractivity contribution < 1.29 is 0 Å². The van der Waals surface area contributed by atoms with E-state index in [2.05, 4.69) is 37.8 Å². The quantitative estimate of drug-likeness (QED) is 0.638. The fraction of sp³-hybridized carbons (Fsp3) is 0.429. The topological polar surface area (TPSA) is 0 Å². The third kappa shape index (κ3) is 3.39. The zero-order valence-electron chi connectivity index (χ0n) is 10.5. The number of rotatable bonds is 5. The molecule has 2 heteroatoms. The predicted octanol–water partition coefficient (Wildman–Crippen LogP) is 5.40. The summed E-state index contributed by atoms with van der Waals surface area (Å²) < 4.78 is 0. The normalized spacial score (nSPS) is 12.2. The van der Waals surface area contributed by atoms with Crippen molar-refractivity contribution >= 4 is 30.9 Å². The summed E-state index contributed by atoms with van der Waals surface area (Å²) in [6.07, 6.45) is 2.25. The number of benzene rings is 1. The molecule has 0 spiro atoms. The standard InChI is InChI=1S/C14H21ClGe/c1-4-16(5-2,6-3)12-11-13-9-7-8-10-14(13)15/h7-12H,4-6H2,1-3H3/b12-11+. The Morgan fingerprint density at radius 1 is 1.06 bits per heavy atom. The van der Waals surface area contributed by atoms with E-state index in [0.717, 1.165) is 10.6 Å². The average Bonchev–Trinajstić information content (AvgIpc) is 2.34. The molecule has 88 valence electrons. The van der Waals surface area contributed by atoms with Gasteiger partial charge in [-0.2, -0.15) is 0 Å². The van der Waals surface area contributed by atoms with Gasteiger partial charge in [0.2, 0.25) is 0 Å². The van der Waals surface area contributed by atoms with Gasteiger partial charge in [0.1, 0.15) is 0 Å². The van der Waals surface area contributed by atoms with E-state index in [1.807, 2.05) is 18.2 Å². The first-order valence-electron chi connectivity index (χ1n) is 6.11. The van der Waals surface area contributed by atoms with Crippen molar-refractivity contribution in [1.82, 2.24) is 0 Å². The van der Waals surface area contributed by atoms with Gasteiger partial charge in [-0.05, 0) is 0 Å². The molecule has 0 amide bonds. The van der Waals surface area contributed by atoms with Gasteiger partial charge in [0.05, 0.1) is 0 Å². The molecule has 0 heterocycles. The van der Waals surface area contributed by atoms with Crippen LogP contribution in [0.3, 0.4) is 0 Å². The van der Waals surface area contributed by atoms with Crippen molar-refractivity contribution in [2.24, 2.45) is 0 Å². The van der Waals surface area contributed by atoms with E-state index in [0.29, 0.717) is 0 Å². The van der Waals surface area contributed by atoms with Gasteiger partial charge in [-0.3, -0.25) is 0 Å². The summed E-state index contributed by atoms with van der Waals surface area (Å²) in [5.74, 6) is 0. The van der Waals surface area contributed by atoms with Crippen LogP contribution in [0.25, 0.3) is 6.08 Å². The van der Waals surface area contributed by atoms with Gasteiger partial charge >= 0.3 is 107 Å². The van der Waals surface area contributed by atoms with Gasteiger partial charge in [-0.15, -0.1) is 0 Å². The Hall–Kier alpha value is -0.207. The van der Waals surface area contributed by atoms with Crippen LogP contribution in [0, 0.1) is 0 Å². The molecule has 1 aromatic rings. The third-order valence-corrected chi connectivity index (χ3v) is 14.7. The van der Waals surface area contributed by atoms with Crippen molar-refractivity contribution in [2.45, 2.75) is 36.5 Å². The summed E-state index contributed by atoms with van der Waals surface area (Å²) in [6, 6.07) is 8.07. The van der Waals surface area contributed by atoms with Gasteiger partial charge in [-0.25, -0.2) is 0 Å². The van der Waals surface area contributed by atoms with Crippen LogP contribution in [0.4, 0.5) is 0 Å². The number of hydrogen-bond donors (Lipinski definition) is 0. The molecule has 0 unspecified atom stereocenters. The number of hydrogen-bond acceptors (Lipinski definition) is 0. The Bertz CT molecular complexity index is 345. The number of halogens is 1. The molecule has 0 aromatic heterocycles. The molecule has 0 bridgehead atoms. The molecule has 0 aliphatic heterocycles. The fourth-order valence-corrected chi connectivity index (χ4v) is 7.93. The zero-order valence-corrected chi connectivity index (χ0v) is 13.3. The van der Waals surface area contributed by atoms with E-state index in [-0.39, 0.29) is 0 Å². The van der Waals surface area contributed by atoms with Crippen LogP contribution in [0.15, 0.2) is 29.2 Å². The second-order valence-corrected chi connectivity index (χ2v) is 15.6. The Labute approximate surface area is 107 Å². The summed E-state index contributed by atoms with van der Waals surface area (Å²) in [6.45, 7) is 7.01. The molecule has 0 radical (unpaired) electrons. The molecule has 1 aromatic carbocycles. The van der Waals surface area contributed by atoms with Gasteiger partial charge in [-0.1, -0.05) is 0 Å². The predicted molar refractivity (Wildman–Crippen MR) is 77.7 cm³/mol. The molecule has 0 aliphatic carbocycles. The minimum atomic E-state index is -1.69. The third-order valence-electron chi connectivity index (χ3n) is 3.63. The zero-order chi connectivity index (χ0) is 12.0. The summed E-state index contributed by atoms with van der Waals surface area (Å²) >= 11 is 4.47. The Morgan fingerprint density at radius 3 is 2.12 bits per heavy atom. The van der Waals surface area contributed by atoms with Gasteiger partial charge in [0.15, 0.2) is 0 Å². The van der Waals surface area contributed by atoms with Crippen LogP contribution in [-0.4, -0.2) is 13.3 Å². The van der Waals surface area contributed by atoms with E-state index >= 15 is 0 Å².